The van der Waals surface area contributed by atoms with Crippen molar-refractivity contribution in [3.63, 3.8) is 0 Å². The molecule has 0 bridgehead atoms. The van der Waals surface area contributed by atoms with Crippen molar-refractivity contribution in [1.29, 1.82) is 0 Å². The molecule has 10 rings (SSSR count). The fraction of sp³-hybridized carbons (Fsp3) is 0.444. The van der Waals surface area contributed by atoms with Crippen molar-refractivity contribution in [3.05, 3.63) is 168 Å². The summed E-state index contributed by atoms with van der Waals surface area (Å²) >= 11 is 2.71. The molecule has 0 saturated heterocycles. The molecule has 5 aromatic carbocycles. The molecule has 5 aromatic heterocycles. The number of aryl methyl sites for hydroxylation is 12. The fourth-order valence-corrected chi connectivity index (χ4v) is 24.8. The average Bonchev–Trinajstić information content (AvgIpc) is 4.11. The van der Waals surface area contributed by atoms with Crippen LogP contribution < -0.4 is 0 Å². The molecule has 0 atom stereocenters. The predicted molar refractivity (Wildman–Crippen MR) is 355 cm³/mol. The quantitative estimate of drug-likeness (QED) is 0.133. The zero-order valence-electron chi connectivity index (χ0n) is 52.5. The summed E-state index contributed by atoms with van der Waals surface area (Å²) in [6.45, 7) is 61.9. The second-order valence-corrected chi connectivity index (χ2v) is 38.2. The van der Waals surface area contributed by atoms with E-state index in [2.05, 4.69) is 266 Å². The van der Waals surface area contributed by atoms with Crippen LogP contribution >= 0.6 is 0 Å². The van der Waals surface area contributed by atoms with Gasteiger partial charge in [0.05, 0.1) is 0 Å². The first-order valence-corrected chi connectivity index (χ1v) is 36.4. The van der Waals surface area contributed by atoms with Crippen LogP contribution in [-0.4, -0.2) is 72.5 Å². The standard InChI is InChI=1S/2C15H20Se.3C14H18Se/c1-9-7-12-11(3)14(15(4,5)6)16-13(12)8-10(9)2;1-9-7-8-10(2)13-12(9)11(3)14(16-13)15(4,5)6;1-9-6-7-12-11(8-9)10(2)13(15-12)14(3,4)5;1-9-6-7-11-10(2)13(14(3,4)5)15-12(11)8-9;1-9-7-6-8-11-10(2)13(14(3,4)5)15-12(9)11/h2*7-8H,1-6H3;3*6-8H,1-5H3. The first kappa shape index (κ1) is 63.6. The molecule has 5 heteroatoms. The van der Waals surface area contributed by atoms with Gasteiger partial charge in [-0.25, -0.2) is 0 Å². The average molecular weight is 1350 g/mol. The molecule has 0 aliphatic heterocycles. The Morgan fingerprint density at radius 3 is 1.14 bits per heavy atom. The Bertz CT molecular complexity index is 3700. The van der Waals surface area contributed by atoms with Crippen molar-refractivity contribution in [2.24, 2.45) is 0 Å². The van der Waals surface area contributed by atoms with Crippen LogP contribution in [0.2, 0.25) is 0 Å². The third-order valence-electron chi connectivity index (χ3n) is 14.8. The molecule has 0 fully saturated rings. The Balaban J connectivity index is 0.000000156. The van der Waals surface area contributed by atoms with Crippen LogP contribution in [0, 0.1) is 83.1 Å². The van der Waals surface area contributed by atoms with Gasteiger partial charge in [-0.2, -0.15) is 0 Å². The molecule has 0 radical (unpaired) electrons. The van der Waals surface area contributed by atoms with Crippen LogP contribution in [-0.2, 0) is 27.1 Å². The second kappa shape index (κ2) is 24.1. The van der Waals surface area contributed by atoms with Crippen molar-refractivity contribution in [2.45, 2.75) is 214 Å². The molecule has 0 unspecified atom stereocenters. The van der Waals surface area contributed by atoms with Gasteiger partial charge in [-0.3, -0.25) is 0 Å². The van der Waals surface area contributed by atoms with Gasteiger partial charge >= 0.3 is 503 Å². The van der Waals surface area contributed by atoms with E-state index in [0.717, 1.165) is 0 Å². The third-order valence-corrected chi connectivity index (χ3v) is 33.2. The van der Waals surface area contributed by atoms with E-state index < -0.39 is 0 Å². The molecule has 0 amide bonds. The molecule has 77 heavy (non-hydrogen) atoms. The van der Waals surface area contributed by atoms with Gasteiger partial charge in [0.1, 0.15) is 0 Å². The topological polar surface area (TPSA) is 0 Å². The van der Waals surface area contributed by atoms with Gasteiger partial charge in [-0.15, -0.1) is 0 Å². The van der Waals surface area contributed by atoms with Crippen LogP contribution in [0.15, 0.2) is 78.9 Å². The minimum absolute atomic E-state index is 0.321. The molecule has 0 aliphatic rings. The second-order valence-electron chi connectivity index (χ2n) is 27.3. The molecule has 5 heterocycles. The zero-order chi connectivity index (χ0) is 57.8. The van der Waals surface area contributed by atoms with Crippen molar-refractivity contribution >= 4 is 121 Å². The summed E-state index contributed by atoms with van der Waals surface area (Å²) in [6.07, 6.45) is 0. The van der Waals surface area contributed by atoms with E-state index in [-0.39, 0.29) is 0 Å². The summed E-state index contributed by atoms with van der Waals surface area (Å²) < 4.78 is 16.3. The zero-order valence-corrected chi connectivity index (χ0v) is 61.1. The molecule has 0 saturated carbocycles. The first-order chi connectivity index (χ1) is 35.3. The van der Waals surface area contributed by atoms with Crippen molar-refractivity contribution in [2.75, 3.05) is 0 Å². The van der Waals surface area contributed by atoms with Crippen LogP contribution in [0.25, 0.3) is 48.2 Å². The molecule has 0 spiro atoms. The minimum atomic E-state index is 0.321. The maximum atomic E-state index is 2.40. The Kier molecular flexibility index (Phi) is 19.9. The van der Waals surface area contributed by atoms with E-state index in [1.54, 1.807) is 54.4 Å². The SMILES string of the molecule is Cc1c(C(C)(C)C)[se]c2c(C)cccc12.Cc1cc2[se]c(C(C)(C)C)c(C)c2cc1C.Cc1ccc(C)c2c(C)c(C(C)(C)C)[se]c12.Cc1ccc2[se]c(C(C)(C)C)c(C)c2c1.Cc1ccc2c(C)c(C(C)(C)C)[se]c2c1. The summed E-state index contributed by atoms with van der Waals surface area (Å²) in [4.78, 5) is 0. The molecule has 0 aliphatic carbocycles. The van der Waals surface area contributed by atoms with E-state index in [9.17, 15) is 0 Å². The fourth-order valence-electron chi connectivity index (χ4n) is 10.8. The Morgan fingerprint density at radius 2 is 0.636 bits per heavy atom. The van der Waals surface area contributed by atoms with Crippen molar-refractivity contribution in [3.8, 4) is 0 Å². The Hall–Kier alpha value is -2.60. The van der Waals surface area contributed by atoms with Gasteiger partial charge in [0, 0.05) is 0 Å². The summed E-state index contributed by atoms with van der Waals surface area (Å²) in [7, 11) is 0. The number of rotatable bonds is 0. The number of hydrogen-bond donors (Lipinski definition) is 0. The normalized spacial score (nSPS) is 12.4. The summed E-state index contributed by atoms with van der Waals surface area (Å²) in [5, 5.41) is 7.54. The molecule has 10 aromatic rings. The third kappa shape index (κ3) is 14.5. The Morgan fingerprint density at radius 1 is 0.260 bits per heavy atom. The Labute approximate surface area is 498 Å². The van der Waals surface area contributed by atoms with E-state index in [4.69, 9.17) is 0 Å². The molecular formula is C72H94Se5. The van der Waals surface area contributed by atoms with Gasteiger partial charge in [-0.1, -0.05) is 0 Å². The van der Waals surface area contributed by atoms with Crippen LogP contribution in [0.4, 0.5) is 0 Å². The van der Waals surface area contributed by atoms with Crippen molar-refractivity contribution in [1.82, 2.24) is 0 Å². The number of benzene rings is 5. The maximum absolute atomic E-state index is 2.40. The van der Waals surface area contributed by atoms with E-state index in [0.29, 0.717) is 99.6 Å². The van der Waals surface area contributed by atoms with E-state index in [1.807, 2.05) is 0 Å². The first-order valence-electron chi connectivity index (χ1n) is 27.8. The van der Waals surface area contributed by atoms with E-state index in [1.165, 1.54) is 82.7 Å². The van der Waals surface area contributed by atoms with Crippen LogP contribution in [0.5, 0.6) is 0 Å². The van der Waals surface area contributed by atoms with Crippen LogP contribution in [0.1, 0.15) is 193 Å². The van der Waals surface area contributed by atoms with Gasteiger partial charge in [0.15, 0.2) is 0 Å². The molecule has 412 valence electrons. The number of hydrogen-bond acceptors (Lipinski definition) is 0. The molecular weight excluding hydrogens is 1260 g/mol. The van der Waals surface area contributed by atoms with Gasteiger partial charge < -0.3 is 0 Å². The molecule has 0 nitrogen and oxygen atoms in total. The van der Waals surface area contributed by atoms with Gasteiger partial charge in [0.2, 0.25) is 0 Å². The van der Waals surface area contributed by atoms with Crippen LogP contribution in [0.3, 0.4) is 0 Å². The monoisotopic (exact) mass is 1360 g/mol. The predicted octanol–water partition coefficient (Wildman–Crippen LogP) is 19.7. The molecule has 0 N–H and O–H groups in total. The number of fused-ring (bicyclic) bond motifs is 5. The van der Waals surface area contributed by atoms with E-state index >= 15 is 0 Å². The summed E-state index contributed by atoms with van der Waals surface area (Å²) in [5.41, 5.74) is 19.3. The summed E-state index contributed by atoms with van der Waals surface area (Å²) in [6, 6.07) is 29.8. The van der Waals surface area contributed by atoms with Gasteiger partial charge in [0.25, 0.3) is 0 Å². The van der Waals surface area contributed by atoms with Gasteiger partial charge in [-0.05, 0) is 0 Å². The van der Waals surface area contributed by atoms with Crippen molar-refractivity contribution < 1.29 is 0 Å². The summed E-state index contributed by atoms with van der Waals surface area (Å²) in [5.74, 6) is 0.